The SMILES string of the molecule is C[C@H](Oc1ccc(Cl)cc1Cl)C(=O)NCc1nncn1-c1ccccc1. The summed E-state index contributed by atoms with van der Waals surface area (Å²) in [5.41, 5.74) is 0.916. The number of hydrogen-bond acceptors (Lipinski definition) is 4. The van der Waals surface area contributed by atoms with Gasteiger partial charge in [0.05, 0.1) is 11.6 Å². The number of hydrogen-bond donors (Lipinski definition) is 1. The summed E-state index contributed by atoms with van der Waals surface area (Å²) in [5.74, 6) is 0.714. The van der Waals surface area contributed by atoms with Gasteiger partial charge in [0, 0.05) is 10.7 Å². The zero-order valence-corrected chi connectivity index (χ0v) is 15.4. The highest BCUT2D eigenvalue weighted by Crippen LogP contribution is 2.28. The maximum absolute atomic E-state index is 12.3. The summed E-state index contributed by atoms with van der Waals surface area (Å²) in [4.78, 5) is 12.3. The summed E-state index contributed by atoms with van der Waals surface area (Å²) in [6.45, 7) is 1.86. The molecule has 1 N–H and O–H groups in total. The molecule has 0 radical (unpaired) electrons. The Labute approximate surface area is 160 Å². The third kappa shape index (κ3) is 4.33. The van der Waals surface area contributed by atoms with Crippen molar-refractivity contribution in [1.29, 1.82) is 0 Å². The molecule has 26 heavy (non-hydrogen) atoms. The van der Waals surface area contributed by atoms with Crippen LogP contribution in [-0.4, -0.2) is 26.8 Å². The average Bonchev–Trinajstić information content (AvgIpc) is 3.11. The molecule has 134 valence electrons. The first-order valence-corrected chi connectivity index (χ1v) is 8.64. The van der Waals surface area contributed by atoms with Crippen LogP contribution < -0.4 is 10.1 Å². The number of para-hydroxylation sites is 1. The van der Waals surface area contributed by atoms with Crippen LogP contribution in [0.3, 0.4) is 0 Å². The largest absolute Gasteiger partial charge is 0.479 e. The van der Waals surface area contributed by atoms with Gasteiger partial charge in [-0.3, -0.25) is 9.36 Å². The van der Waals surface area contributed by atoms with Crippen molar-refractivity contribution in [2.45, 2.75) is 19.6 Å². The number of aromatic nitrogens is 3. The lowest BCUT2D eigenvalue weighted by molar-refractivity contribution is -0.127. The van der Waals surface area contributed by atoms with E-state index in [-0.39, 0.29) is 12.5 Å². The monoisotopic (exact) mass is 390 g/mol. The van der Waals surface area contributed by atoms with Gasteiger partial charge in [-0.2, -0.15) is 0 Å². The summed E-state index contributed by atoms with van der Waals surface area (Å²) in [6.07, 6.45) is 0.867. The number of benzene rings is 2. The van der Waals surface area contributed by atoms with E-state index < -0.39 is 6.10 Å². The number of nitrogens with one attached hydrogen (secondary N) is 1. The molecule has 0 bridgehead atoms. The Morgan fingerprint density at radius 1 is 1.23 bits per heavy atom. The number of ether oxygens (including phenoxy) is 1. The van der Waals surface area contributed by atoms with E-state index in [9.17, 15) is 4.79 Å². The predicted octanol–water partition coefficient (Wildman–Crippen LogP) is 3.66. The third-order valence-electron chi connectivity index (χ3n) is 3.64. The van der Waals surface area contributed by atoms with E-state index in [2.05, 4.69) is 15.5 Å². The molecule has 2 aromatic carbocycles. The van der Waals surface area contributed by atoms with Crippen molar-refractivity contribution >= 4 is 29.1 Å². The molecule has 0 saturated carbocycles. The van der Waals surface area contributed by atoms with Gasteiger partial charge in [0.15, 0.2) is 11.9 Å². The standard InChI is InChI=1S/C18H16Cl2N4O2/c1-12(26-16-8-7-13(19)9-15(16)20)18(25)21-10-17-23-22-11-24(17)14-5-3-2-4-6-14/h2-9,11-12H,10H2,1H3,(H,21,25)/t12-/m0/s1. The zero-order chi connectivity index (χ0) is 18.5. The van der Waals surface area contributed by atoms with E-state index in [1.165, 1.54) is 0 Å². The smallest absolute Gasteiger partial charge is 0.261 e. The molecule has 1 atom stereocenters. The fraction of sp³-hybridized carbons (Fsp3) is 0.167. The quantitative estimate of drug-likeness (QED) is 0.697. The molecule has 3 rings (SSSR count). The molecule has 0 aliphatic carbocycles. The topological polar surface area (TPSA) is 69.0 Å². The predicted molar refractivity (Wildman–Crippen MR) is 99.8 cm³/mol. The van der Waals surface area contributed by atoms with Crippen LogP contribution in [0.1, 0.15) is 12.7 Å². The number of rotatable bonds is 6. The molecule has 0 unspecified atom stereocenters. The highest BCUT2D eigenvalue weighted by molar-refractivity contribution is 6.35. The summed E-state index contributed by atoms with van der Waals surface area (Å²) in [6, 6.07) is 14.5. The molecule has 1 heterocycles. The lowest BCUT2D eigenvalue weighted by atomic mass is 10.3. The lowest BCUT2D eigenvalue weighted by Crippen LogP contribution is -2.36. The molecule has 1 amide bonds. The van der Waals surface area contributed by atoms with Crippen LogP contribution >= 0.6 is 23.2 Å². The normalized spacial score (nSPS) is 11.8. The minimum absolute atomic E-state index is 0.218. The zero-order valence-electron chi connectivity index (χ0n) is 13.9. The summed E-state index contributed by atoms with van der Waals surface area (Å²) in [7, 11) is 0. The fourth-order valence-corrected chi connectivity index (χ4v) is 2.76. The van der Waals surface area contributed by atoms with Gasteiger partial charge in [-0.05, 0) is 37.3 Å². The van der Waals surface area contributed by atoms with Crippen LogP contribution in [0.5, 0.6) is 5.75 Å². The second-order valence-corrected chi connectivity index (χ2v) is 6.35. The number of amides is 1. The molecule has 0 aliphatic heterocycles. The average molecular weight is 391 g/mol. The minimum atomic E-state index is -0.734. The van der Waals surface area contributed by atoms with Crippen LogP contribution in [0, 0.1) is 0 Å². The van der Waals surface area contributed by atoms with Gasteiger partial charge in [0.25, 0.3) is 5.91 Å². The Bertz CT molecular complexity index is 899. The van der Waals surface area contributed by atoms with Crippen LogP contribution in [0.15, 0.2) is 54.9 Å². The van der Waals surface area contributed by atoms with E-state index in [0.29, 0.717) is 21.6 Å². The summed E-state index contributed by atoms with van der Waals surface area (Å²) in [5, 5.41) is 11.6. The van der Waals surface area contributed by atoms with Crippen LogP contribution in [0.4, 0.5) is 0 Å². The molecule has 8 heteroatoms. The third-order valence-corrected chi connectivity index (χ3v) is 4.17. The van der Waals surface area contributed by atoms with Crippen molar-refractivity contribution in [2.24, 2.45) is 0 Å². The highest BCUT2D eigenvalue weighted by Gasteiger charge is 2.17. The Hall–Kier alpha value is -2.57. The van der Waals surface area contributed by atoms with Gasteiger partial charge < -0.3 is 10.1 Å². The number of carbonyl (C=O) groups is 1. The van der Waals surface area contributed by atoms with Crippen molar-refractivity contribution in [3.8, 4) is 11.4 Å². The molecule has 3 aromatic rings. The fourth-order valence-electron chi connectivity index (χ4n) is 2.31. The van der Waals surface area contributed by atoms with Crippen molar-refractivity contribution < 1.29 is 9.53 Å². The van der Waals surface area contributed by atoms with Crippen molar-refractivity contribution in [3.63, 3.8) is 0 Å². The van der Waals surface area contributed by atoms with Gasteiger partial charge in [-0.15, -0.1) is 10.2 Å². The van der Waals surface area contributed by atoms with Crippen molar-refractivity contribution in [3.05, 3.63) is 70.7 Å². The van der Waals surface area contributed by atoms with Crippen LogP contribution in [-0.2, 0) is 11.3 Å². The van der Waals surface area contributed by atoms with E-state index >= 15 is 0 Å². The van der Waals surface area contributed by atoms with E-state index in [1.54, 1.807) is 31.5 Å². The molecule has 0 aliphatic rings. The van der Waals surface area contributed by atoms with Gasteiger partial charge in [0.1, 0.15) is 12.1 Å². The van der Waals surface area contributed by atoms with Crippen LogP contribution in [0.25, 0.3) is 5.69 Å². The number of nitrogens with zero attached hydrogens (tertiary/aromatic N) is 3. The van der Waals surface area contributed by atoms with Gasteiger partial charge in [-0.1, -0.05) is 41.4 Å². The van der Waals surface area contributed by atoms with Gasteiger partial charge >= 0.3 is 0 Å². The highest BCUT2D eigenvalue weighted by atomic mass is 35.5. The van der Waals surface area contributed by atoms with Gasteiger partial charge in [0.2, 0.25) is 0 Å². The van der Waals surface area contributed by atoms with Crippen LogP contribution in [0.2, 0.25) is 10.0 Å². The Morgan fingerprint density at radius 2 is 2.00 bits per heavy atom. The Balaban J connectivity index is 1.62. The maximum atomic E-state index is 12.3. The molecule has 0 saturated heterocycles. The second-order valence-electron chi connectivity index (χ2n) is 5.51. The lowest BCUT2D eigenvalue weighted by Gasteiger charge is -2.16. The summed E-state index contributed by atoms with van der Waals surface area (Å²) < 4.78 is 7.41. The van der Waals surface area contributed by atoms with Crippen molar-refractivity contribution in [1.82, 2.24) is 20.1 Å². The first-order chi connectivity index (χ1) is 12.5. The molecule has 0 spiro atoms. The van der Waals surface area contributed by atoms with Gasteiger partial charge in [-0.25, -0.2) is 0 Å². The van der Waals surface area contributed by atoms with Crippen molar-refractivity contribution in [2.75, 3.05) is 0 Å². The maximum Gasteiger partial charge on any atom is 0.261 e. The molecule has 0 fully saturated rings. The number of carbonyl (C=O) groups excluding carboxylic acids is 1. The second kappa shape index (κ2) is 8.21. The molecule has 6 nitrogen and oxygen atoms in total. The van der Waals surface area contributed by atoms with E-state index in [0.717, 1.165) is 5.69 Å². The number of halogens is 2. The van der Waals surface area contributed by atoms with E-state index in [4.69, 9.17) is 27.9 Å². The minimum Gasteiger partial charge on any atom is -0.479 e. The first-order valence-electron chi connectivity index (χ1n) is 7.88. The molecular weight excluding hydrogens is 375 g/mol. The Morgan fingerprint density at radius 3 is 2.73 bits per heavy atom. The molecular formula is C18H16Cl2N4O2. The Kier molecular flexibility index (Phi) is 5.75. The molecule has 1 aromatic heterocycles. The first kappa shape index (κ1) is 18.2. The van der Waals surface area contributed by atoms with E-state index in [1.807, 2.05) is 34.9 Å². The summed E-state index contributed by atoms with van der Waals surface area (Å²) >= 11 is 11.9.